The molecule has 34 heavy (non-hydrogen) atoms. The second-order valence-electron chi connectivity index (χ2n) is 8.87. The third-order valence-electron chi connectivity index (χ3n) is 6.77. The number of para-hydroxylation sites is 1. The summed E-state index contributed by atoms with van der Waals surface area (Å²) in [4.78, 5) is 22.8. The Bertz CT molecular complexity index is 1100. The Balaban J connectivity index is 1.62. The molecule has 5 rings (SSSR count). The minimum Gasteiger partial charge on any atom is -0.497 e. The van der Waals surface area contributed by atoms with Crippen LogP contribution in [-0.4, -0.2) is 31.0 Å². The van der Waals surface area contributed by atoms with Gasteiger partial charge in [0.05, 0.1) is 24.8 Å². The molecule has 0 saturated carbocycles. The summed E-state index contributed by atoms with van der Waals surface area (Å²) in [7, 11) is 1.66. The summed E-state index contributed by atoms with van der Waals surface area (Å²) in [5.41, 5.74) is 2.87. The van der Waals surface area contributed by atoms with Crippen LogP contribution in [0, 0.1) is 5.92 Å². The van der Waals surface area contributed by atoms with Crippen molar-refractivity contribution in [3.63, 3.8) is 0 Å². The number of methoxy groups -OCH3 is 1. The summed E-state index contributed by atoms with van der Waals surface area (Å²) in [6.07, 6.45) is 2.82. The second kappa shape index (κ2) is 10.1. The molecule has 6 heteroatoms. The van der Waals surface area contributed by atoms with Crippen molar-refractivity contribution in [1.29, 1.82) is 0 Å². The Morgan fingerprint density at radius 1 is 0.882 bits per heavy atom. The molecule has 2 aliphatic heterocycles. The molecule has 5 nitrogen and oxygen atoms in total. The zero-order valence-corrected chi connectivity index (χ0v) is 20.0. The highest BCUT2D eigenvalue weighted by atomic mass is 35.5. The first-order valence-electron chi connectivity index (χ1n) is 11.8. The van der Waals surface area contributed by atoms with Crippen LogP contribution in [0.4, 0.5) is 5.69 Å². The monoisotopic (exact) mass is 476 g/mol. The molecule has 0 radical (unpaired) electrons. The van der Waals surface area contributed by atoms with Gasteiger partial charge in [0.15, 0.2) is 0 Å². The molecule has 3 atom stereocenters. The van der Waals surface area contributed by atoms with Crippen molar-refractivity contribution >= 4 is 23.2 Å². The van der Waals surface area contributed by atoms with E-state index in [2.05, 4.69) is 0 Å². The van der Waals surface area contributed by atoms with Crippen LogP contribution in [0.5, 0.6) is 5.75 Å². The molecular weight excluding hydrogens is 448 g/mol. The number of amides is 1. The van der Waals surface area contributed by atoms with Crippen molar-refractivity contribution in [3.8, 4) is 5.75 Å². The third kappa shape index (κ3) is 4.50. The number of carbonyl (C=O) groups is 1. The lowest BCUT2D eigenvalue weighted by Gasteiger charge is -2.33. The highest BCUT2D eigenvalue weighted by Gasteiger charge is 2.50. The Kier molecular flexibility index (Phi) is 6.75. The third-order valence-corrected chi connectivity index (χ3v) is 7.02. The lowest BCUT2D eigenvalue weighted by molar-refractivity contribution is -0.138. The Morgan fingerprint density at radius 2 is 1.53 bits per heavy atom. The predicted octanol–water partition coefficient (Wildman–Crippen LogP) is 6.21. The predicted molar refractivity (Wildman–Crippen MR) is 134 cm³/mol. The van der Waals surface area contributed by atoms with Gasteiger partial charge in [0.25, 0.3) is 0 Å². The number of ether oxygens (including phenoxy) is 1. The van der Waals surface area contributed by atoms with Gasteiger partial charge in [0.1, 0.15) is 11.9 Å². The minimum absolute atomic E-state index is 0.138. The van der Waals surface area contributed by atoms with Gasteiger partial charge in [-0.3, -0.25) is 9.63 Å². The van der Waals surface area contributed by atoms with E-state index in [0.717, 1.165) is 48.5 Å². The highest BCUT2D eigenvalue weighted by Crippen LogP contribution is 2.50. The fourth-order valence-electron chi connectivity index (χ4n) is 5.02. The average molecular weight is 477 g/mol. The smallest absolute Gasteiger partial charge is 0.231 e. The largest absolute Gasteiger partial charge is 0.497 e. The number of hydrogen-bond donors (Lipinski definition) is 0. The van der Waals surface area contributed by atoms with Crippen LogP contribution >= 0.6 is 11.6 Å². The van der Waals surface area contributed by atoms with Crippen LogP contribution in [0.2, 0.25) is 5.02 Å². The van der Waals surface area contributed by atoms with E-state index in [9.17, 15) is 4.79 Å². The Morgan fingerprint density at radius 3 is 2.18 bits per heavy atom. The van der Waals surface area contributed by atoms with Crippen molar-refractivity contribution in [2.45, 2.75) is 31.4 Å². The summed E-state index contributed by atoms with van der Waals surface area (Å²) >= 11 is 6.18. The van der Waals surface area contributed by atoms with Crippen LogP contribution in [0.3, 0.4) is 0 Å². The number of benzene rings is 3. The molecule has 3 aromatic rings. The molecule has 2 aliphatic rings. The topological polar surface area (TPSA) is 42.0 Å². The maximum absolute atomic E-state index is 14.1. The van der Waals surface area contributed by atoms with E-state index in [0.29, 0.717) is 5.02 Å². The number of piperidine rings is 1. The van der Waals surface area contributed by atoms with Crippen molar-refractivity contribution < 1.29 is 14.4 Å². The lowest BCUT2D eigenvalue weighted by Crippen LogP contribution is -2.42. The van der Waals surface area contributed by atoms with E-state index in [-0.39, 0.29) is 11.9 Å². The number of halogens is 1. The standard InChI is InChI=1S/C28H29ClN2O3/c1-33-24-16-12-20(13-17-24)26-25(28(32)30-18-6-3-7-19-30)27(21-10-14-22(29)15-11-21)34-31(26)23-8-4-2-5-9-23/h2,4-5,8-17,25-27H,3,6-7,18-19H2,1H3/t25-,26+,27+/m1/s1. The van der Waals surface area contributed by atoms with Gasteiger partial charge >= 0.3 is 0 Å². The SMILES string of the molecule is COc1ccc([C@H]2[C@@H](C(=O)N3CCCCC3)[C@H](c3ccc(Cl)cc3)ON2c2ccccc2)cc1. The van der Waals surface area contributed by atoms with Crippen LogP contribution in [-0.2, 0) is 9.63 Å². The van der Waals surface area contributed by atoms with Gasteiger partial charge in [0.2, 0.25) is 5.91 Å². The summed E-state index contributed by atoms with van der Waals surface area (Å²) in [6, 6.07) is 25.3. The quantitative estimate of drug-likeness (QED) is 0.439. The van der Waals surface area contributed by atoms with Gasteiger partial charge in [-0.15, -0.1) is 0 Å². The fourth-order valence-corrected chi connectivity index (χ4v) is 5.14. The number of hydroxylamine groups is 1. The zero-order chi connectivity index (χ0) is 23.5. The van der Waals surface area contributed by atoms with Crippen molar-refractivity contribution in [3.05, 3.63) is 95.0 Å². The molecular formula is C28H29ClN2O3. The molecule has 0 unspecified atom stereocenters. The maximum Gasteiger partial charge on any atom is 0.231 e. The van der Waals surface area contributed by atoms with Gasteiger partial charge in [-0.05, 0) is 66.8 Å². The van der Waals surface area contributed by atoms with E-state index >= 15 is 0 Å². The lowest BCUT2D eigenvalue weighted by atomic mass is 9.84. The molecule has 0 bridgehead atoms. The van der Waals surface area contributed by atoms with Gasteiger partial charge < -0.3 is 9.64 Å². The molecule has 1 amide bonds. The molecule has 0 spiro atoms. The van der Waals surface area contributed by atoms with Crippen molar-refractivity contribution in [2.75, 3.05) is 25.3 Å². The molecule has 176 valence electrons. The second-order valence-corrected chi connectivity index (χ2v) is 9.31. The van der Waals surface area contributed by atoms with Crippen LogP contribution in [0.15, 0.2) is 78.9 Å². The zero-order valence-electron chi connectivity index (χ0n) is 19.3. The molecule has 2 heterocycles. The molecule has 2 saturated heterocycles. The number of likely N-dealkylation sites (tertiary alicyclic amines) is 1. The summed E-state index contributed by atoms with van der Waals surface area (Å²) in [5, 5.41) is 2.57. The molecule has 0 aromatic heterocycles. The number of anilines is 1. The van der Waals surface area contributed by atoms with E-state index in [1.54, 1.807) is 7.11 Å². The van der Waals surface area contributed by atoms with Gasteiger partial charge in [-0.1, -0.05) is 54.1 Å². The summed E-state index contributed by atoms with van der Waals surface area (Å²) < 4.78 is 5.38. The van der Waals surface area contributed by atoms with E-state index in [1.807, 2.05) is 88.8 Å². The summed E-state index contributed by atoms with van der Waals surface area (Å²) in [5.74, 6) is 0.508. The Labute approximate surface area is 205 Å². The number of nitrogens with zero attached hydrogens (tertiary/aromatic N) is 2. The summed E-state index contributed by atoms with van der Waals surface area (Å²) in [6.45, 7) is 1.59. The molecule has 0 aliphatic carbocycles. The maximum atomic E-state index is 14.1. The van der Waals surface area contributed by atoms with Crippen molar-refractivity contribution in [1.82, 2.24) is 4.90 Å². The van der Waals surface area contributed by atoms with Crippen molar-refractivity contribution in [2.24, 2.45) is 5.92 Å². The number of hydrogen-bond acceptors (Lipinski definition) is 4. The van der Waals surface area contributed by atoms with E-state index in [4.69, 9.17) is 21.2 Å². The average Bonchev–Trinajstić information content (AvgIpc) is 3.30. The highest BCUT2D eigenvalue weighted by molar-refractivity contribution is 6.30. The first kappa shape index (κ1) is 22.8. The van der Waals surface area contributed by atoms with Gasteiger partial charge in [0, 0.05) is 18.1 Å². The minimum atomic E-state index is -0.431. The van der Waals surface area contributed by atoms with E-state index < -0.39 is 12.0 Å². The number of rotatable bonds is 5. The normalized spacial score (nSPS) is 22.6. The van der Waals surface area contributed by atoms with Gasteiger partial charge in [-0.2, -0.15) is 0 Å². The molecule has 3 aromatic carbocycles. The first-order valence-corrected chi connectivity index (χ1v) is 12.2. The Hall–Kier alpha value is -3.02. The van der Waals surface area contributed by atoms with E-state index in [1.165, 1.54) is 6.42 Å². The first-order chi connectivity index (χ1) is 16.7. The number of carbonyl (C=O) groups excluding carboxylic acids is 1. The van der Waals surface area contributed by atoms with Crippen LogP contribution < -0.4 is 9.80 Å². The van der Waals surface area contributed by atoms with Crippen LogP contribution in [0.25, 0.3) is 0 Å². The molecule has 2 fully saturated rings. The molecule has 0 N–H and O–H groups in total. The van der Waals surface area contributed by atoms with Crippen LogP contribution in [0.1, 0.15) is 42.5 Å². The fraction of sp³-hybridized carbons (Fsp3) is 0.321. The van der Waals surface area contributed by atoms with Gasteiger partial charge in [-0.25, -0.2) is 5.06 Å².